The van der Waals surface area contributed by atoms with Crippen molar-refractivity contribution in [2.45, 2.75) is 20.0 Å². The average molecular weight is 425 g/mol. The number of anilines is 2. The Morgan fingerprint density at radius 2 is 1.67 bits per heavy atom. The molecular weight excluding hydrogens is 416 g/mol. The van der Waals surface area contributed by atoms with Crippen LogP contribution in [0.5, 0.6) is 0 Å². The van der Waals surface area contributed by atoms with Gasteiger partial charge in [0.2, 0.25) is 0 Å². The highest BCUT2D eigenvalue weighted by Gasteiger charge is 2.40. The summed E-state index contributed by atoms with van der Waals surface area (Å²) in [6, 6.07) is 0.611. The first-order valence-electron chi connectivity index (χ1n) is 6.97. The number of hydrogen-bond donors (Lipinski definition) is 1. The van der Waals surface area contributed by atoms with Crippen molar-refractivity contribution in [1.29, 1.82) is 0 Å². The number of nitro benzene ring substituents is 2. The van der Waals surface area contributed by atoms with Crippen molar-refractivity contribution >= 4 is 46.1 Å². The van der Waals surface area contributed by atoms with Gasteiger partial charge in [0.25, 0.3) is 11.4 Å². The van der Waals surface area contributed by atoms with E-state index in [-0.39, 0.29) is 27.6 Å². The molecule has 0 atom stereocenters. The molecule has 1 aromatic heterocycles. The molecule has 1 N–H and O–H groups in total. The number of nitrogens with zero attached hydrogens (tertiary/aromatic N) is 3. The maximum Gasteiger partial charge on any atom is 0.418 e. The van der Waals surface area contributed by atoms with Crippen molar-refractivity contribution in [3.63, 3.8) is 0 Å². The van der Waals surface area contributed by atoms with Crippen LogP contribution in [0.15, 0.2) is 12.1 Å². The standard InChI is InChI=1S/C14H9Cl2F3N4O4/c1-5-10(15)6(2)20-13(11(5)16)21-12-8(14(17,18)19)3-7(22(24)25)4-9(12)23(26)27/h3-4H,1-2H3,(H,20,21). The van der Waals surface area contributed by atoms with Crippen molar-refractivity contribution < 1.29 is 23.0 Å². The maximum atomic E-state index is 13.4. The average Bonchev–Trinajstić information content (AvgIpc) is 2.56. The van der Waals surface area contributed by atoms with Crippen LogP contribution in [-0.2, 0) is 6.18 Å². The minimum atomic E-state index is -5.12. The van der Waals surface area contributed by atoms with Crippen LogP contribution >= 0.6 is 23.2 Å². The van der Waals surface area contributed by atoms with Gasteiger partial charge in [0, 0.05) is 6.07 Å². The molecule has 0 saturated carbocycles. The van der Waals surface area contributed by atoms with E-state index in [4.69, 9.17) is 23.2 Å². The van der Waals surface area contributed by atoms with E-state index < -0.39 is 38.6 Å². The molecule has 0 unspecified atom stereocenters. The summed E-state index contributed by atoms with van der Waals surface area (Å²) in [5, 5.41) is 24.3. The lowest BCUT2D eigenvalue weighted by Gasteiger charge is -2.16. The highest BCUT2D eigenvalue weighted by atomic mass is 35.5. The van der Waals surface area contributed by atoms with Gasteiger partial charge in [-0.15, -0.1) is 0 Å². The Balaban J connectivity index is 2.80. The first-order valence-corrected chi connectivity index (χ1v) is 7.73. The summed E-state index contributed by atoms with van der Waals surface area (Å²) in [6.07, 6.45) is -5.12. The highest BCUT2D eigenvalue weighted by molar-refractivity contribution is 6.37. The smallest absolute Gasteiger partial charge is 0.333 e. The van der Waals surface area contributed by atoms with E-state index in [1.807, 2.05) is 0 Å². The third kappa shape index (κ3) is 4.03. The summed E-state index contributed by atoms with van der Waals surface area (Å²) in [7, 11) is 0. The first kappa shape index (κ1) is 20.6. The highest BCUT2D eigenvalue weighted by Crippen LogP contribution is 2.44. The van der Waals surface area contributed by atoms with Gasteiger partial charge in [-0.05, 0) is 19.4 Å². The number of aromatic nitrogens is 1. The number of benzene rings is 1. The number of hydrogen-bond acceptors (Lipinski definition) is 6. The number of alkyl halides is 3. The topological polar surface area (TPSA) is 111 Å². The summed E-state index contributed by atoms with van der Waals surface area (Å²) in [4.78, 5) is 23.7. The summed E-state index contributed by atoms with van der Waals surface area (Å²) in [6.45, 7) is 2.95. The quantitative estimate of drug-likeness (QED) is 0.506. The predicted molar refractivity (Wildman–Crippen MR) is 91.8 cm³/mol. The molecule has 2 rings (SSSR count). The van der Waals surface area contributed by atoms with Crippen LogP contribution in [0.2, 0.25) is 10.0 Å². The molecule has 0 saturated heterocycles. The molecule has 0 aliphatic rings. The lowest BCUT2D eigenvalue weighted by atomic mass is 10.1. The van der Waals surface area contributed by atoms with Crippen LogP contribution in [0.25, 0.3) is 0 Å². The monoisotopic (exact) mass is 424 g/mol. The maximum absolute atomic E-state index is 13.4. The van der Waals surface area contributed by atoms with E-state index in [1.54, 1.807) is 0 Å². The number of nitrogens with one attached hydrogen (secondary N) is 1. The number of non-ortho nitro benzene ring substituents is 1. The molecule has 2 aromatic rings. The molecule has 0 fully saturated rings. The van der Waals surface area contributed by atoms with Gasteiger partial charge in [-0.2, -0.15) is 13.2 Å². The minimum absolute atomic E-state index is 0.147. The zero-order valence-corrected chi connectivity index (χ0v) is 15.0. The number of halogens is 5. The second kappa shape index (κ2) is 7.16. The van der Waals surface area contributed by atoms with E-state index in [2.05, 4.69) is 10.3 Å². The first-order chi connectivity index (χ1) is 12.3. The summed E-state index contributed by atoms with van der Waals surface area (Å²) < 4.78 is 40.2. The van der Waals surface area contributed by atoms with Crippen molar-refractivity contribution in [1.82, 2.24) is 4.98 Å². The lowest BCUT2D eigenvalue weighted by molar-refractivity contribution is -0.394. The Hall–Kier alpha value is -2.66. The molecule has 144 valence electrons. The van der Waals surface area contributed by atoms with Crippen molar-refractivity contribution in [2.75, 3.05) is 5.32 Å². The van der Waals surface area contributed by atoms with Crippen molar-refractivity contribution in [3.05, 3.63) is 59.2 Å². The summed E-state index contributed by atoms with van der Waals surface area (Å²) in [5.41, 5.74) is -4.34. The van der Waals surface area contributed by atoms with Crippen molar-refractivity contribution in [3.8, 4) is 0 Å². The normalized spacial score (nSPS) is 11.4. The Morgan fingerprint density at radius 3 is 2.15 bits per heavy atom. The third-order valence-corrected chi connectivity index (χ3v) is 4.54. The molecule has 0 spiro atoms. The third-order valence-electron chi connectivity index (χ3n) is 3.52. The molecular formula is C14H9Cl2F3N4O4. The van der Waals surface area contributed by atoms with E-state index in [9.17, 15) is 33.4 Å². The molecule has 27 heavy (non-hydrogen) atoms. The van der Waals surface area contributed by atoms with Gasteiger partial charge < -0.3 is 5.32 Å². The fourth-order valence-corrected chi connectivity index (χ4v) is 2.60. The van der Waals surface area contributed by atoms with E-state index in [0.29, 0.717) is 11.6 Å². The Labute approximate surface area is 159 Å². The van der Waals surface area contributed by atoms with Gasteiger partial charge >= 0.3 is 6.18 Å². The summed E-state index contributed by atoms with van der Waals surface area (Å²) >= 11 is 12.0. The molecule has 0 aliphatic carbocycles. The number of aryl methyl sites for hydroxylation is 1. The molecule has 1 aromatic carbocycles. The molecule has 0 radical (unpaired) electrons. The van der Waals surface area contributed by atoms with Gasteiger partial charge in [0.15, 0.2) is 0 Å². The molecule has 0 aliphatic heterocycles. The molecule has 1 heterocycles. The predicted octanol–water partition coefficient (Wildman–Crippen LogP) is 5.58. The Kier molecular flexibility index (Phi) is 5.47. The van der Waals surface area contributed by atoms with Gasteiger partial charge in [-0.25, -0.2) is 4.98 Å². The Bertz CT molecular complexity index is 967. The van der Waals surface area contributed by atoms with Crippen LogP contribution in [0.3, 0.4) is 0 Å². The zero-order valence-electron chi connectivity index (χ0n) is 13.5. The number of pyridine rings is 1. The van der Waals surface area contributed by atoms with E-state index in [1.165, 1.54) is 13.8 Å². The minimum Gasteiger partial charge on any atom is -0.333 e. The van der Waals surface area contributed by atoms with Gasteiger partial charge in [0.05, 0.1) is 37.2 Å². The second-order valence-electron chi connectivity index (χ2n) is 5.32. The van der Waals surface area contributed by atoms with Gasteiger partial charge in [-0.1, -0.05) is 23.2 Å². The van der Waals surface area contributed by atoms with Crippen LogP contribution in [0, 0.1) is 34.1 Å². The number of rotatable bonds is 4. The van der Waals surface area contributed by atoms with Gasteiger partial charge in [0.1, 0.15) is 11.5 Å². The van der Waals surface area contributed by atoms with E-state index in [0.717, 1.165) is 0 Å². The largest absolute Gasteiger partial charge is 0.418 e. The van der Waals surface area contributed by atoms with Crippen LogP contribution in [-0.4, -0.2) is 14.8 Å². The van der Waals surface area contributed by atoms with Crippen LogP contribution < -0.4 is 5.32 Å². The summed E-state index contributed by atoms with van der Waals surface area (Å²) in [5.74, 6) is -0.307. The lowest BCUT2D eigenvalue weighted by Crippen LogP contribution is -2.12. The fraction of sp³-hybridized carbons (Fsp3) is 0.214. The zero-order chi connectivity index (χ0) is 20.7. The second-order valence-corrected chi connectivity index (χ2v) is 6.08. The van der Waals surface area contributed by atoms with Crippen LogP contribution in [0.1, 0.15) is 16.8 Å². The van der Waals surface area contributed by atoms with Crippen LogP contribution in [0.4, 0.5) is 36.1 Å². The van der Waals surface area contributed by atoms with Crippen molar-refractivity contribution in [2.24, 2.45) is 0 Å². The molecule has 8 nitrogen and oxygen atoms in total. The van der Waals surface area contributed by atoms with Gasteiger partial charge in [-0.3, -0.25) is 20.2 Å². The SMILES string of the molecule is Cc1nc(Nc2c([N+](=O)[O-])cc([N+](=O)[O-])cc2C(F)(F)F)c(Cl)c(C)c1Cl. The molecule has 13 heteroatoms. The Morgan fingerprint density at radius 1 is 1.07 bits per heavy atom. The number of nitro groups is 2. The molecule has 0 bridgehead atoms. The van der Waals surface area contributed by atoms with E-state index >= 15 is 0 Å². The fourth-order valence-electron chi connectivity index (χ4n) is 2.23. The molecule has 0 amide bonds.